The zero-order valence-electron chi connectivity index (χ0n) is 21.2. The number of rotatable bonds is 9. The SMILES string of the molecule is CNC(=O)c1ccc(C[C@@H](CNC(=O)C[C@H](C(C)(C)C)C2(C)C=CC=CC2)N(C)C)cc1Cl. The summed E-state index contributed by atoms with van der Waals surface area (Å²) in [4.78, 5) is 27.0. The van der Waals surface area contributed by atoms with Gasteiger partial charge in [0, 0.05) is 26.1 Å². The molecule has 1 unspecified atom stereocenters. The summed E-state index contributed by atoms with van der Waals surface area (Å²) in [7, 11) is 5.61. The van der Waals surface area contributed by atoms with E-state index in [4.69, 9.17) is 11.6 Å². The average Bonchev–Trinajstić information content (AvgIpc) is 2.74. The molecule has 3 atom stereocenters. The quantitative estimate of drug-likeness (QED) is 0.538. The van der Waals surface area contributed by atoms with E-state index < -0.39 is 0 Å². The first-order valence-electron chi connectivity index (χ1n) is 11.7. The van der Waals surface area contributed by atoms with Crippen LogP contribution in [0.2, 0.25) is 5.02 Å². The van der Waals surface area contributed by atoms with Gasteiger partial charge >= 0.3 is 0 Å². The Morgan fingerprint density at radius 1 is 1.21 bits per heavy atom. The Kier molecular flexibility index (Phi) is 9.33. The Hall–Kier alpha value is -2.11. The molecule has 5 nitrogen and oxygen atoms in total. The van der Waals surface area contributed by atoms with Crippen molar-refractivity contribution in [2.45, 2.75) is 53.0 Å². The lowest BCUT2D eigenvalue weighted by Gasteiger charge is -2.43. The van der Waals surface area contributed by atoms with Gasteiger partial charge in [0.1, 0.15) is 0 Å². The number of likely N-dealkylation sites (N-methyl/N-ethyl adjacent to an activating group) is 1. The van der Waals surface area contributed by atoms with E-state index in [9.17, 15) is 9.59 Å². The van der Waals surface area contributed by atoms with Crippen molar-refractivity contribution < 1.29 is 9.59 Å². The fourth-order valence-corrected chi connectivity index (χ4v) is 5.02. The van der Waals surface area contributed by atoms with Crippen molar-refractivity contribution in [2.24, 2.45) is 16.7 Å². The minimum atomic E-state index is -0.201. The first kappa shape index (κ1) is 27.1. The van der Waals surface area contributed by atoms with Crippen LogP contribution in [0.3, 0.4) is 0 Å². The molecular formula is C27H40ClN3O2. The molecule has 0 aliphatic heterocycles. The third-order valence-corrected chi connectivity index (χ3v) is 7.07. The van der Waals surface area contributed by atoms with E-state index in [-0.39, 0.29) is 34.6 Å². The minimum Gasteiger partial charge on any atom is -0.355 e. The Morgan fingerprint density at radius 2 is 1.91 bits per heavy atom. The van der Waals surface area contributed by atoms with Gasteiger partial charge in [-0.05, 0) is 61.4 Å². The molecule has 1 aliphatic carbocycles. The summed E-state index contributed by atoms with van der Waals surface area (Å²) >= 11 is 6.33. The number of halogens is 1. The maximum atomic E-state index is 13.0. The summed E-state index contributed by atoms with van der Waals surface area (Å²) < 4.78 is 0. The van der Waals surface area contributed by atoms with Crippen molar-refractivity contribution in [1.82, 2.24) is 15.5 Å². The highest BCUT2D eigenvalue weighted by Crippen LogP contribution is 2.47. The van der Waals surface area contributed by atoms with Gasteiger partial charge in [-0.3, -0.25) is 9.59 Å². The molecule has 33 heavy (non-hydrogen) atoms. The highest BCUT2D eigenvalue weighted by atomic mass is 35.5. The molecule has 0 aromatic heterocycles. The van der Waals surface area contributed by atoms with Crippen LogP contribution in [0.4, 0.5) is 0 Å². The topological polar surface area (TPSA) is 61.4 Å². The Bertz CT molecular complexity index is 901. The van der Waals surface area contributed by atoms with Crippen LogP contribution in [0.15, 0.2) is 42.5 Å². The van der Waals surface area contributed by atoms with Gasteiger partial charge in [-0.2, -0.15) is 0 Å². The molecule has 0 bridgehead atoms. The lowest BCUT2D eigenvalue weighted by atomic mass is 9.61. The summed E-state index contributed by atoms with van der Waals surface area (Å²) in [6, 6.07) is 5.62. The highest BCUT2D eigenvalue weighted by Gasteiger charge is 2.40. The first-order valence-corrected chi connectivity index (χ1v) is 12.0. The summed E-state index contributed by atoms with van der Waals surface area (Å²) in [5.41, 5.74) is 1.46. The van der Waals surface area contributed by atoms with Crippen LogP contribution < -0.4 is 10.6 Å². The zero-order chi connectivity index (χ0) is 24.8. The number of nitrogens with zero attached hydrogens (tertiary/aromatic N) is 1. The van der Waals surface area contributed by atoms with Gasteiger partial charge in [0.05, 0.1) is 10.6 Å². The lowest BCUT2D eigenvalue weighted by molar-refractivity contribution is -0.124. The molecule has 0 saturated heterocycles. The molecule has 0 fully saturated rings. The second-order valence-corrected chi connectivity index (χ2v) is 11.0. The number of amides is 2. The summed E-state index contributed by atoms with van der Waals surface area (Å²) in [6.45, 7) is 9.46. The van der Waals surface area contributed by atoms with Gasteiger partial charge in [0.2, 0.25) is 5.91 Å². The molecule has 0 heterocycles. The van der Waals surface area contributed by atoms with Crippen LogP contribution in [-0.4, -0.2) is 50.4 Å². The summed E-state index contributed by atoms with van der Waals surface area (Å²) in [5, 5.41) is 6.21. The fourth-order valence-electron chi connectivity index (χ4n) is 4.73. The molecule has 2 amide bonds. The monoisotopic (exact) mass is 473 g/mol. The molecule has 0 saturated carbocycles. The second-order valence-electron chi connectivity index (χ2n) is 10.6. The van der Waals surface area contributed by atoms with E-state index in [1.54, 1.807) is 13.1 Å². The predicted molar refractivity (Wildman–Crippen MR) is 138 cm³/mol. The van der Waals surface area contributed by atoms with E-state index in [0.29, 0.717) is 23.6 Å². The van der Waals surface area contributed by atoms with Crippen molar-refractivity contribution in [3.05, 3.63) is 58.7 Å². The van der Waals surface area contributed by atoms with Crippen LogP contribution >= 0.6 is 11.6 Å². The maximum Gasteiger partial charge on any atom is 0.252 e. The van der Waals surface area contributed by atoms with Gasteiger partial charge < -0.3 is 15.5 Å². The van der Waals surface area contributed by atoms with Crippen LogP contribution in [0.5, 0.6) is 0 Å². The van der Waals surface area contributed by atoms with Gasteiger partial charge in [0.15, 0.2) is 0 Å². The Balaban J connectivity index is 2.04. The Labute approximate surface area is 204 Å². The number of hydrogen-bond donors (Lipinski definition) is 2. The predicted octanol–water partition coefficient (Wildman–Crippen LogP) is 4.86. The van der Waals surface area contributed by atoms with Crippen molar-refractivity contribution in [3.63, 3.8) is 0 Å². The van der Waals surface area contributed by atoms with Crippen LogP contribution in [0.25, 0.3) is 0 Å². The van der Waals surface area contributed by atoms with Crippen molar-refractivity contribution in [3.8, 4) is 0 Å². The third-order valence-electron chi connectivity index (χ3n) is 6.75. The van der Waals surface area contributed by atoms with Crippen molar-refractivity contribution in [1.29, 1.82) is 0 Å². The molecule has 2 rings (SSSR count). The molecule has 1 aromatic carbocycles. The van der Waals surface area contributed by atoms with E-state index >= 15 is 0 Å². The van der Waals surface area contributed by atoms with Crippen LogP contribution in [-0.2, 0) is 11.2 Å². The number of hydrogen-bond acceptors (Lipinski definition) is 3. The molecular weight excluding hydrogens is 434 g/mol. The van der Waals surface area contributed by atoms with E-state index in [2.05, 4.69) is 67.5 Å². The number of carbonyl (C=O) groups excluding carboxylic acids is 2. The Morgan fingerprint density at radius 3 is 2.42 bits per heavy atom. The van der Waals surface area contributed by atoms with Crippen molar-refractivity contribution in [2.75, 3.05) is 27.7 Å². The lowest BCUT2D eigenvalue weighted by Crippen LogP contribution is -2.44. The van der Waals surface area contributed by atoms with E-state index in [1.165, 1.54) is 0 Å². The molecule has 2 N–H and O–H groups in total. The number of carbonyl (C=O) groups is 2. The molecule has 1 aliphatic rings. The second kappa shape index (κ2) is 11.3. The largest absolute Gasteiger partial charge is 0.355 e. The molecule has 6 heteroatoms. The van der Waals surface area contributed by atoms with E-state index in [0.717, 1.165) is 18.4 Å². The minimum absolute atomic E-state index is 0.00579. The van der Waals surface area contributed by atoms with Crippen molar-refractivity contribution >= 4 is 23.4 Å². The summed E-state index contributed by atoms with van der Waals surface area (Å²) in [6.07, 6.45) is 10.8. The smallest absolute Gasteiger partial charge is 0.252 e. The average molecular weight is 474 g/mol. The number of allylic oxidation sites excluding steroid dienone is 4. The number of nitrogens with one attached hydrogen (secondary N) is 2. The first-order chi connectivity index (χ1) is 15.4. The van der Waals surface area contributed by atoms with Crippen LogP contribution in [0, 0.1) is 16.7 Å². The van der Waals surface area contributed by atoms with Gasteiger partial charge in [-0.15, -0.1) is 0 Å². The normalized spacial score (nSPS) is 19.9. The number of benzene rings is 1. The van der Waals surface area contributed by atoms with Gasteiger partial charge in [0.25, 0.3) is 5.91 Å². The molecule has 1 aromatic rings. The van der Waals surface area contributed by atoms with Gasteiger partial charge in [-0.25, -0.2) is 0 Å². The van der Waals surface area contributed by atoms with E-state index in [1.807, 2.05) is 26.2 Å². The van der Waals surface area contributed by atoms with Gasteiger partial charge in [-0.1, -0.05) is 69.7 Å². The zero-order valence-corrected chi connectivity index (χ0v) is 21.9. The highest BCUT2D eigenvalue weighted by molar-refractivity contribution is 6.33. The fraction of sp³-hybridized carbons (Fsp3) is 0.556. The third kappa shape index (κ3) is 7.44. The molecule has 0 spiro atoms. The van der Waals surface area contributed by atoms with Crippen LogP contribution in [0.1, 0.15) is 56.5 Å². The summed E-state index contributed by atoms with van der Waals surface area (Å²) in [5.74, 6) is 0.104. The molecule has 0 radical (unpaired) electrons. The standard InChI is InChI=1S/C27H40ClN3O2/c1-26(2,3)23(27(4)13-9-8-10-14-27)17-24(32)30-18-20(31(6)7)15-19-11-12-21(22(28)16-19)25(33)29-5/h8-13,16,20,23H,14-15,17-18H2,1-7H3,(H,29,33)(H,30,32)/t20-,23+,27?/m0/s1. The molecule has 182 valence electrons. The maximum absolute atomic E-state index is 13.0.